The van der Waals surface area contributed by atoms with E-state index in [1.54, 1.807) is 0 Å². The number of fused-ring (bicyclic) bond motifs is 1. The molecule has 3 rings (SSSR count). The predicted octanol–water partition coefficient (Wildman–Crippen LogP) is 1.95. The van der Waals surface area contributed by atoms with Crippen LogP contribution < -0.4 is 4.74 Å². The summed E-state index contributed by atoms with van der Waals surface area (Å²) >= 11 is 0. The van der Waals surface area contributed by atoms with Gasteiger partial charge in [-0.2, -0.15) is 5.26 Å². The van der Waals surface area contributed by atoms with Gasteiger partial charge >= 0.3 is 0 Å². The summed E-state index contributed by atoms with van der Waals surface area (Å²) in [5.74, 6) is 0.557. The topological polar surface area (TPSA) is 53.1 Å². The fourth-order valence-electron chi connectivity index (χ4n) is 2.07. The SMILES string of the molecule is N#CC1CN1C(=O)COc1cccc2ccccc12. The monoisotopic (exact) mass is 252 g/mol. The second kappa shape index (κ2) is 4.62. The van der Waals surface area contributed by atoms with Crippen LogP contribution in [0, 0.1) is 11.3 Å². The Labute approximate surface area is 110 Å². The van der Waals surface area contributed by atoms with Crippen molar-refractivity contribution in [2.75, 3.05) is 13.2 Å². The molecule has 4 heteroatoms. The van der Waals surface area contributed by atoms with Crippen molar-refractivity contribution in [1.82, 2.24) is 4.90 Å². The summed E-state index contributed by atoms with van der Waals surface area (Å²) < 4.78 is 5.57. The van der Waals surface area contributed by atoms with Crippen molar-refractivity contribution in [3.63, 3.8) is 0 Å². The Morgan fingerprint density at radius 3 is 2.89 bits per heavy atom. The fraction of sp³-hybridized carbons (Fsp3) is 0.200. The predicted molar refractivity (Wildman–Crippen MR) is 70.6 cm³/mol. The van der Waals surface area contributed by atoms with E-state index >= 15 is 0 Å². The third-order valence-electron chi connectivity index (χ3n) is 3.18. The molecule has 2 aromatic rings. The molecule has 0 spiro atoms. The second-order valence-corrected chi connectivity index (χ2v) is 4.46. The molecule has 1 fully saturated rings. The molecule has 1 atom stereocenters. The van der Waals surface area contributed by atoms with Gasteiger partial charge in [-0.25, -0.2) is 0 Å². The number of ether oxygens (including phenoxy) is 1. The molecule has 1 heterocycles. The third kappa shape index (κ3) is 2.23. The average molecular weight is 252 g/mol. The average Bonchev–Trinajstić information content (AvgIpc) is 3.24. The molecule has 1 aliphatic heterocycles. The van der Waals surface area contributed by atoms with E-state index in [1.807, 2.05) is 48.5 Å². The number of hydrogen-bond acceptors (Lipinski definition) is 3. The van der Waals surface area contributed by atoms with E-state index in [0.717, 1.165) is 10.8 Å². The highest BCUT2D eigenvalue weighted by Gasteiger charge is 2.38. The minimum absolute atomic E-state index is 0.0216. The first-order valence-electron chi connectivity index (χ1n) is 6.09. The van der Waals surface area contributed by atoms with Gasteiger partial charge in [0.25, 0.3) is 5.91 Å². The van der Waals surface area contributed by atoms with E-state index in [2.05, 4.69) is 0 Å². The summed E-state index contributed by atoms with van der Waals surface area (Å²) in [4.78, 5) is 13.2. The molecule has 0 bridgehead atoms. The molecule has 1 amide bonds. The Bertz CT molecular complexity index is 670. The Hall–Kier alpha value is -2.54. The molecule has 1 aliphatic rings. The fourth-order valence-corrected chi connectivity index (χ4v) is 2.07. The number of amides is 1. The highest BCUT2D eigenvalue weighted by atomic mass is 16.5. The van der Waals surface area contributed by atoms with Gasteiger partial charge in [-0.3, -0.25) is 4.79 Å². The van der Waals surface area contributed by atoms with Gasteiger partial charge in [0.15, 0.2) is 6.61 Å². The Balaban J connectivity index is 1.72. The first kappa shape index (κ1) is 11.5. The molecule has 0 aromatic heterocycles. The molecule has 94 valence electrons. The highest BCUT2D eigenvalue weighted by Crippen LogP contribution is 2.25. The second-order valence-electron chi connectivity index (χ2n) is 4.46. The maximum absolute atomic E-state index is 11.7. The number of rotatable bonds is 3. The van der Waals surface area contributed by atoms with Gasteiger partial charge in [0.05, 0.1) is 12.6 Å². The molecular weight excluding hydrogens is 240 g/mol. The number of hydrogen-bond donors (Lipinski definition) is 0. The number of carbonyl (C=O) groups excluding carboxylic acids is 1. The Morgan fingerprint density at radius 1 is 1.32 bits per heavy atom. The molecule has 2 aromatic carbocycles. The van der Waals surface area contributed by atoms with Gasteiger partial charge < -0.3 is 9.64 Å². The van der Waals surface area contributed by atoms with Crippen molar-refractivity contribution in [3.8, 4) is 11.8 Å². The number of nitriles is 1. The summed E-state index contributed by atoms with van der Waals surface area (Å²) in [5, 5.41) is 10.7. The van der Waals surface area contributed by atoms with Gasteiger partial charge in [0, 0.05) is 5.39 Å². The standard InChI is InChI=1S/C15H12N2O2/c16-8-12-9-17(12)15(18)10-19-14-7-3-5-11-4-1-2-6-13(11)14/h1-7,12H,9-10H2. The van der Waals surface area contributed by atoms with Gasteiger partial charge in [0.2, 0.25) is 0 Å². The quantitative estimate of drug-likeness (QED) is 0.784. The summed E-state index contributed by atoms with van der Waals surface area (Å²) in [5.41, 5.74) is 0. The molecule has 4 nitrogen and oxygen atoms in total. The zero-order chi connectivity index (χ0) is 13.2. The van der Waals surface area contributed by atoms with Crippen molar-refractivity contribution < 1.29 is 9.53 Å². The molecule has 0 saturated carbocycles. The van der Waals surface area contributed by atoms with E-state index in [9.17, 15) is 4.79 Å². The molecule has 0 N–H and O–H groups in total. The summed E-state index contributed by atoms with van der Waals surface area (Å²) in [6, 6.07) is 15.4. The molecule has 1 saturated heterocycles. The molecule has 1 unspecified atom stereocenters. The lowest BCUT2D eigenvalue weighted by Crippen LogP contribution is -2.21. The highest BCUT2D eigenvalue weighted by molar-refractivity contribution is 5.89. The van der Waals surface area contributed by atoms with E-state index in [4.69, 9.17) is 10.00 Å². The maximum Gasteiger partial charge on any atom is 0.261 e. The molecule has 0 radical (unpaired) electrons. The van der Waals surface area contributed by atoms with Crippen LogP contribution in [0.5, 0.6) is 5.75 Å². The minimum Gasteiger partial charge on any atom is -0.483 e. The van der Waals surface area contributed by atoms with E-state index in [1.165, 1.54) is 4.90 Å². The Kier molecular flexibility index (Phi) is 2.81. The van der Waals surface area contributed by atoms with Gasteiger partial charge in [-0.1, -0.05) is 36.4 Å². The van der Waals surface area contributed by atoms with E-state index in [-0.39, 0.29) is 18.6 Å². The van der Waals surface area contributed by atoms with Crippen molar-refractivity contribution in [2.24, 2.45) is 0 Å². The lowest BCUT2D eigenvalue weighted by atomic mass is 10.1. The van der Waals surface area contributed by atoms with Crippen LogP contribution in [0.2, 0.25) is 0 Å². The minimum atomic E-state index is -0.261. The van der Waals surface area contributed by atoms with Crippen molar-refractivity contribution in [3.05, 3.63) is 42.5 Å². The van der Waals surface area contributed by atoms with E-state index < -0.39 is 0 Å². The molecule has 19 heavy (non-hydrogen) atoms. The van der Waals surface area contributed by atoms with Gasteiger partial charge in [-0.15, -0.1) is 0 Å². The van der Waals surface area contributed by atoms with Crippen LogP contribution in [0.3, 0.4) is 0 Å². The first-order chi connectivity index (χ1) is 9.29. The first-order valence-corrected chi connectivity index (χ1v) is 6.09. The van der Waals surface area contributed by atoms with Crippen LogP contribution in [0.25, 0.3) is 10.8 Å². The lowest BCUT2D eigenvalue weighted by Gasteiger charge is -2.09. The number of nitrogens with zero attached hydrogens (tertiary/aromatic N) is 2. The van der Waals surface area contributed by atoms with Crippen LogP contribution in [0.1, 0.15) is 0 Å². The van der Waals surface area contributed by atoms with Crippen LogP contribution in [-0.2, 0) is 4.79 Å². The van der Waals surface area contributed by atoms with Crippen LogP contribution in [-0.4, -0.2) is 30.0 Å². The largest absolute Gasteiger partial charge is 0.483 e. The molecule has 0 aliphatic carbocycles. The van der Waals surface area contributed by atoms with Crippen molar-refractivity contribution in [2.45, 2.75) is 6.04 Å². The van der Waals surface area contributed by atoms with Gasteiger partial charge in [0.1, 0.15) is 11.8 Å². The molecular formula is C15H12N2O2. The summed E-state index contributed by atoms with van der Waals surface area (Å²) in [7, 11) is 0. The van der Waals surface area contributed by atoms with Gasteiger partial charge in [-0.05, 0) is 11.5 Å². The van der Waals surface area contributed by atoms with Crippen LogP contribution >= 0.6 is 0 Å². The lowest BCUT2D eigenvalue weighted by molar-refractivity contribution is -0.128. The van der Waals surface area contributed by atoms with E-state index in [0.29, 0.717) is 12.3 Å². The number of benzene rings is 2. The van der Waals surface area contributed by atoms with Crippen molar-refractivity contribution >= 4 is 16.7 Å². The Morgan fingerprint density at radius 2 is 2.11 bits per heavy atom. The smallest absolute Gasteiger partial charge is 0.261 e. The zero-order valence-corrected chi connectivity index (χ0v) is 10.2. The normalized spacial score (nSPS) is 17.0. The van der Waals surface area contributed by atoms with Crippen molar-refractivity contribution in [1.29, 1.82) is 5.26 Å². The summed E-state index contributed by atoms with van der Waals surface area (Å²) in [6.07, 6.45) is 0. The van der Waals surface area contributed by atoms with Crippen LogP contribution in [0.4, 0.5) is 0 Å². The maximum atomic E-state index is 11.7. The third-order valence-corrected chi connectivity index (χ3v) is 3.18. The van der Waals surface area contributed by atoms with Crippen LogP contribution in [0.15, 0.2) is 42.5 Å². The summed E-state index contributed by atoms with van der Waals surface area (Å²) in [6.45, 7) is 0.500. The zero-order valence-electron chi connectivity index (χ0n) is 10.2. The number of carbonyl (C=O) groups is 1.